The largest absolute Gasteiger partial charge is 0.465 e. The summed E-state index contributed by atoms with van der Waals surface area (Å²) in [6.45, 7) is 4.09. The van der Waals surface area contributed by atoms with Gasteiger partial charge in [-0.15, -0.1) is 0 Å². The molecule has 0 spiro atoms. The Morgan fingerprint density at radius 3 is 2.64 bits per heavy atom. The smallest absolute Gasteiger partial charge is 0.325 e. The lowest BCUT2D eigenvalue weighted by Crippen LogP contribution is -2.34. The van der Waals surface area contributed by atoms with Gasteiger partial charge in [0.1, 0.15) is 12.4 Å². The Balaban J connectivity index is 2.02. The van der Waals surface area contributed by atoms with Crippen molar-refractivity contribution in [2.24, 2.45) is 0 Å². The zero-order valence-electron chi connectivity index (χ0n) is 14.2. The monoisotopic (exact) mass is 408 g/mol. The fraction of sp³-hybridized carbons (Fsp3) is 0.353. The van der Waals surface area contributed by atoms with Crippen LogP contribution in [0, 0.1) is 0 Å². The number of aromatic nitrogens is 2. The summed E-state index contributed by atoms with van der Waals surface area (Å²) in [5, 5.41) is 5.66. The second-order valence-electron chi connectivity index (χ2n) is 5.28. The van der Waals surface area contributed by atoms with Crippen molar-refractivity contribution >= 4 is 33.6 Å². The number of benzene rings is 1. The fourth-order valence-electron chi connectivity index (χ4n) is 2.32. The average molecular weight is 409 g/mol. The first kappa shape index (κ1) is 19.0. The molecule has 0 saturated heterocycles. The third-order valence-corrected chi connectivity index (χ3v) is 4.01. The molecule has 1 aromatic heterocycles. The number of carbonyl (C=O) groups is 2. The molecule has 1 aromatic carbocycles. The number of hydrogen-bond acceptors (Lipinski definition) is 4. The van der Waals surface area contributed by atoms with Gasteiger partial charge in [-0.1, -0.05) is 22.9 Å². The molecule has 0 bridgehead atoms. The summed E-state index contributed by atoms with van der Waals surface area (Å²) in [5.41, 5.74) is 0.686. The highest BCUT2D eigenvalue weighted by molar-refractivity contribution is 9.10. The lowest BCUT2D eigenvalue weighted by molar-refractivity contribution is -0.143. The number of nitrogens with one attached hydrogen (secondary N) is 2. The van der Waals surface area contributed by atoms with Gasteiger partial charge in [0, 0.05) is 22.6 Å². The van der Waals surface area contributed by atoms with Crippen LogP contribution in [0.4, 0.5) is 10.5 Å². The first-order valence-electron chi connectivity index (χ1n) is 8.03. The zero-order chi connectivity index (χ0) is 18.2. The second-order valence-corrected chi connectivity index (χ2v) is 6.20. The third kappa shape index (κ3) is 5.60. The number of hydrogen-bond donors (Lipinski definition) is 2. The van der Waals surface area contributed by atoms with Crippen LogP contribution in [0.2, 0.25) is 0 Å². The lowest BCUT2D eigenvalue weighted by Gasteiger charge is -2.18. The van der Waals surface area contributed by atoms with Gasteiger partial charge >= 0.3 is 12.0 Å². The summed E-state index contributed by atoms with van der Waals surface area (Å²) in [4.78, 5) is 28.2. The molecule has 7 nitrogen and oxygen atoms in total. The summed E-state index contributed by atoms with van der Waals surface area (Å²) < 4.78 is 7.58. The zero-order valence-corrected chi connectivity index (χ0v) is 15.7. The standard InChI is InChI=1S/C17H21BrN4O3/c1-3-14(16-19-9-10-22(16)11-15(23)25-4-2)21-17(24)20-13-7-5-12(18)6-8-13/h5-10,14H,3-4,11H2,1-2H3,(H2,20,21,24). The van der Waals surface area contributed by atoms with Gasteiger partial charge in [0.2, 0.25) is 0 Å². The number of amides is 2. The van der Waals surface area contributed by atoms with Crippen molar-refractivity contribution < 1.29 is 14.3 Å². The van der Waals surface area contributed by atoms with E-state index in [-0.39, 0.29) is 24.6 Å². The molecule has 1 unspecified atom stereocenters. The number of nitrogens with zero attached hydrogens (tertiary/aromatic N) is 2. The summed E-state index contributed by atoms with van der Waals surface area (Å²) >= 11 is 3.35. The van der Waals surface area contributed by atoms with Crippen LogP contribution in [0.5, 0.6) is 0 Å². The topological polar surface area (TPSA) is 85.2 Å². The van der Waals surface area contributed by atoms with Crippen LogP contribution >= 0.6 is 15.9 Å². The average Bonchev–Trinajstić information content (AvgIpc) is 3.03. The molecule has 2 rings (SSSR count). The minimum atomic E-state index is -0.337. The molecule has 25 heavy (non-hydrogen) atoms. The highest BCUT2D eigenvalue weighted by Crippen LogP contribution is 2.17. The number of imidazole rings is 1. The van der Waals surface area contributed by atoms with E-state index in [1.165, 1.54) is 0 Å². The van der Waals surface area contributed by atoms with Crippen LogP contribution < -0.4 is 10.6 Å². The van der Waals surface area contributed by atoms with E-state index in [4.69, 9.17) is 4.74 Å². The Morgan fingerprint density at radius 2 is 2.00 bits per heavy atom. The predicted molar refractivity (Wildman–Crippen MR) is 98.2 cm³/mol. The molecule has 0 aliphatic rings. The maximum Gasteiger partial charge on any atom is 0.325 e. The number of esters is 1. The minimum absolute atomic E-state index is 0.0652. The van der Waals surface area contributed by atoms with Crippen molar-refractivity contribution in [1.82, 2.24) is 14.9 Å². The number of ether oxygens (including phenoxy) is 1. The van der Waals surface area contributed by atoms with E-state index in [1.807, 2.05) is 19.1 Å². The minimum Gasteiger partial charge on any atom is -0.465 e. The Morgan fingerprint density at radius 1 is 1.28 bits per heavy atom. The molecule has 0 fully saturated rings. The van der Waals surface area contributed by atoms with Crippen molar-refractivity contribution in [2.45, 2.75) is 32.9 Å². The molecule has 2 N–H and O–H groups in total. The third-order valence-electron chi connectivity index (χ3n) is 3.48. The van der Waals surface area contributed by atoms with E-state index in [0.717, 1.165) is 4.47 Å². The quantitative estimate of drug-likeness (QED) is 0.686. The number of carbonyl (C=O) groups excluding carboxylic acids is 2. The molecular weight excluding hydrogens is 388 g/mol. The summed E-state index contributed by atoms with van der Waals surface area (Å²) in [5.74, 6) is 0.275. The van der Waals surface area contributed by atoms with Gasteiger partial charge in [0.05, 0.1) is 12.6 Å². The molecule has 0 aliphatic heterocycles. The van der Waals surface area contributed by atoms with Crippen molar-refractivity contribution in [3.8, 4) is 0 Å². The number of urea groups is 1. The van der Waals surface area contributed by atoms with Crippen molar-refractivity contribution in [2.75, 3.05) is 11.9 Å². The van der Waals surface area contributed by atoms with Crippen LogP contribution in [0.1, 0.15) is 32.1 Å². The normalized spacial score (nSPS) is 11.6. The molecule has 1 heterocycles. The number of anilines is 1. The molecule has 1 atom stereocenters. The highest BCUT2D eigenvalue weighted by atomic mass is 79.9. The van der Waals surface area contributed by atoms with E-state index >= 15 is 0 Å². The van der Waals surface area contributed by atoms with E-state index in [2.05, 4.69) is 31.5 Å². The molecule has 0 saturated carbocycles. The highest BCUT2D eigenvalue weighted by Gasteiger charge is 2.19. The molecule has 134 valence electrons. The number of rotatable bonds is 7. The van der Waals surface area contributed by atoms with E-state index in [9.17, 15) is 9.59 Å². The van der Waals surface area contributed by atoms with Crippen molar-refractivity contribution in [1.29, 1.82) is 0 Å². The SMILES string of the molecule is CCOC(=O)Cn1ccnc1C(CC)NC(=O)Nc1ccc(Br)cc1. The van der Waals surface area contributed by atoms with Gasteiger partial charge in [-0.25, -0.2) is 9.78 Å². The predicted octanol–water partition coefficient (Wildman–Crippen LogP) is 3.48. The maximum absolute atomic E-state index is 12.2. The Bertz CT molecular complexity index is 715. The Labute approximate surface area is 154 Å². The van der Waals surface area contributed by atoms with Gasteiger partial charge in [0.15, 0.2) is 0 Å². The lowest BCUT2D eigenvalue weighted by atomic mass is 10.2. The van der Waals surface area contributed by atoms with Crippen LogP contribution in [0.15, 0.2) is 41.1 Å². The molecule has 0 aliphatic carbocycles. The first-order chi connectivity index (χ1) is 12.0. The van der Waals surface area contributed by atoms with Crippen molar-refractivity contribution in [3.05, 3.63) is 47.0 Å². The molecule has 2 aromatic rings. The molecule has 2 amide bonds. The summed E-state index contributed by atoms with van der Waals surface area (Å²) in [6, 6.07) is 6.64. The van der Waals surface area contributed by atoms with Gasteiger partial charge in [0.25, 0.3) is 0 Å². The fourth-order valence-corrected chi connectivity index (χ4v) is 2.58. The van der Waals surface area contributed by atoms with E-state index < -0.39 is 0 Å². The first-order valence-corrected chi connectivity index (χ1v) is 8.82. The summed E-state index contributed by atoms with van der Waals surface area (Å²) in [7, 11) is 0. The van der Waals surface area contributed by atoms with Crippen LogP contribution in [-0.2, 0) is 16.1 Å². The van der Waals surface area contributed by atoms with Crippen LogP contribution in [-0.4, -0.2) is 28.2 Å². The van der Waals surface area contributed by atoms with E-state index in [1.54, 1.807) is 36.0 Å². The summed E-state index contributed by atoms with van der Waals surface area (Å²) in [6.07, 6.45) is 3.93. The Hall–Kier alpha value is -2.35. The Kier molecular flexibility index (Phi) is 7.00. The maximum atomic E-state index is 12.2. The van der Waals surface area contributed by atoms with Crippen molar-refractivity contribution in [3.63, 3.8) is 0 Å². The van der Waals surface area contributed by atoms with E-state index in [0.29, 0.717) is 24.5 Å². The second kappa shape index (κ2) is 9.22. The van der Waals surface area contributed by atoms with Gasteiger partial charge in [-0.05, 0) is 37.6 Å². The molecular formula is C17H21BrN4O3. The van der Waals surface area contributed by atoms with Crippen LogP contribution in [0.25, 0.3) is 0 Å². The molecule has 8 heteroatoms. The molecule has 0 radical (unpaired) electrons. The van der Waals surface area contributed by atoms with Gasteiger partial charge in [-0.3, -0.25) is 4.79 Å². The number of halogens is 1. The van der Waals surface area contributed by atoms with Gasteiger partial charge in [-0.2, -0.15) is 0 Å². The van der Waals surface area contributed by atoms with Gasteiger partial charge < -0.3 is 19.9 Å². The van der Waals surface area contributed by atoms with Crippen LogP contribution in [0.3, 0.4) is 0 Å².